The summed E-state index contributed by atoms with van der Waals surface area (Å²) >= 11 is 0. The largest absolute Gasteiger partial charge is 0.444 e. The Bertz CT molecular complexity index is 569. The van der Waals surface area contributed by atoms with Gasteiger partial charge in [0.1, 0.15) is 17.1 Å². The molecule has 1 aliphatic heterocycles. The number of ether oxygens (including phenoxy) is 1. The van der Waals surface area contributed by atoms with Crippen molar-refractivity contribution in [2.45, 2.75) is 77.5 Å². The Morgan fingerprint density at radius 3 is 2.71 bits per heavy atom. The smallest absolute Gasteiger partial charge is 0.407 e. The summed E-state index contributed by atoms with van der Waals surface area (Å²) in [7, 11) is 0. The van der Waals surface area contributed by atoms with Crippen molar-refractivity contribution in [3.8, 4) is 0 Å². The molecule has 134 valence electrons. The van der Waals surface area contributed by atoms with Crippen LogP contribution in [0.25, 0.3) is 0 Å². The molecule has 0 aromatic carbocycles. The molecule has 3 rings (SSSR count). The maximum Gasteiger partial charge on any atom is 0.407 e. The van der Waals surface area contributed by atoms with E-state index in [2.05, 4.69) is 15.4 Å². The lowest BCUT2D eigenvalue weighted by atomic mass is 9.96. The summed E-state index contributed by atoms with van der Waals surface area (Å²) in [5.41, 5.74) is 2.01. The van der Waals surface area contributed by atoms with Gasteiger partial charge in [0.15, 0.2) is 0 Å². The number of carbonyl (C=O) groups excluding carboxylic acids is 1. The van der Waals surface area contributed by atoms with Gasteiger partial charge in [-0.25, -0.2) is 4.79 Å². The van der Waals surface area contributed by atoms with Crippen LogP contribution >= 0.6 is 0 Å². The molecule has 1 amide bonds. The van der Waals surface area contributed by atoms with Gasteiger partial charge in [-0.2, -0.15) is 0 Å². The van der Waals surface area contributed by atoms with Crippen molar-refractivity contribution in [3.05, 3.63) is 17.0 Å². The summed E-state index contributed by atoms with van der Waals surface area (Å²) in [4.78, 5) is 14.3. The first-order valence-corrected chi connectivity index (χ1v) is 9.09. The Labute approximate surface area is 143 Å². The molecule has 6 heteroatoms. The molecular weight excluding hydrogens is 306 g/mol. The van der Waals surface area contributed by atoms with Gasteiger partial charge in [0.25, 0.3) is 0 Å². The minimum atomic E-state index is -0.448. The molecule has 1 saturated heterocycles. The second-order valence-electron chi connectivity index (χ2n) is 7.93. The van der Waals surface area contributed by atoms with E-state index in [0.29, 0.717) is 0 Å². The van der Waals surface area contributed by atoms with Crippen molar-refractivity contribution < 1.29 is 14.1 Å². The molecule has 0 saturated carbocycles. The highest BCUT2D eigenvalue weighted by Crippen LogP contribution is 2.25. The van der Waals surface area contributed by atoms with E-state index < -0.39 is 5.60 Å². The van der Waals surface area contributed by atoms with E-state index in [1.54, 1.807) is 0 Å². The van der Waals surface area contributed by atoms with E-state index in [4.69, 9.17) is 9.26 Å². The first-order chi connectivity index (χ1) is 11.4. The lowest BCUT2D eigenvalue weighted by Gasteiger charge is -2.32. The molecule has 0 unspecified atom stereocenters. The molecule has 1 N–H and O–H groups in total. The lowest BCUT2D eigenvalue weighted by molar-refractivity contribution is 0.0477. The van der Waals surface area contributed by atoms with Crippen LogP contribution in [-0.2, 0) is 24.1 Å². The predicted octanol–water partition coefficient (Wildman–Crippen LogP) is 3.04. The predicted molar refractivity (Wildman–Crippen MR) is 90.8 cm³/mol. The molecule has 6 nitrogen and oxygen atoms in total. The fourth-order valence-corrected chi connectivity index (χ4v) is 3.49. The number of aryl methyl sites for hydroxylation is 1. The van der Waals surface area contributed by atoms with Crippen molar-refractivity contribution in [1.29, 1.82) is 0 Å². The highest BCUT2D eigenvalue weighted by Gasteiger charge is 2.26. The van der Waals surface area contributed by atoms with Gasteiger partial charge in [-0.3, -0.25) is 4.90 Å². The normalized spacial score (nSPS) is 19.8. The molecule has 2 aliphatic rings. The fraction of sp³-hybridized carbons (Fsp3) is 0.778. The summed E-state index contributed by atoms with van der Waals surface area (Å²) in [5, 5.41) is 7.28. The summed E-state index contributed by atoms with van der Waals surface area (Å²) in [5.74, 6) is 1.10. The van der Waals surface area contributed by atoms with Crippen LogP contribution in [0.4, 0.5) is 4.79 Å². The molecule has 24 heavy (non-hydrogen) atoms. The molecule has 1 fully saturated rings. The van der Waals surface area contributed by atoms with Crippen LogP contribution in [0.3, 0.4) is 0 Å². The van der Waals surface area contributed by atoms with E-state index in [9.17, 15) is 4.79 Å². The van der Waals surface area contributed by atoms with E-state index in [0.717, 1.165) is 56.8 Å². The number of rotatable bonds is 3. The quantitative estimate of drug-likeness (QED) is 0.919. The number of nitrogens with zero attached hydrogens (tertiary/aromatic N) is 2. The number of hydrogen-bond donors (Lipinski definition) is 1. The zero-order valence-corrected chi connectivity index (χ0v) is 15.1. The first kappa shape index (κ1) is 17.3. The zero-order chi connectivity index (χ0) is 17.2. The van der Waals surface area contributed by atoms with E-state index >= 15 is 0 Å². The molecule has 0 atom stereocenters. The van der Waals surface area contributed by atoms with Gasteiger partial charge in [0.2, 0.25) is 0 Å². The molecule has 2 heterocycles. The Morgan fingerprint density at radius 1 is 1.29 bits per heavy atom. The number of hydrogen-bond acceptors (Lipinski definition) is 5. The number of alkyl carbamates (subject to hydrolysis) is 1. The number of fused-ring (bicyclic) bond motifs is 1. The minimum absolute atomic E-state index is 0.197. The molecular formula is C18H29N3O3. The molecule has 0 radical (unpaired) electrons. The van der Waals surface area contributed by atoms with Crippen LogP contribution in [0.5, 0.6) is 0 Å². The summed E-state index contributed by atoms with van der Waals surface area (Å²) in [6.07, 6.45) is 6.16. The topological polar surface area (TPSA) is 67.6 Å². The van der Waals surface area contributed by atoms with E-state index in [1.165, 1.54) is 18.4 Å². The van der Waals surface area contributed by atoms with Crippen LogP contribution < -0.4 is 5.32 Å². The van der Waals surface area contributed by atoms with E-state index in [1.807, 2.05) is 20.8 Å². The van der Waals surface area contributed by atoms with Gasteiger partial charge in [-0.05, 0) is 52.9 Å². The number of aromatic nitrogens is 1. The Hall–Kier alpha value is -1.56. The number of amides is 1. The van der Waals surface area contributed by atoms with Crippen LogP contribution in [0.2, 0.25) is 0 Å². The van der Waals surface area contributed by atoms with Crippen molar-refractivity contribution in [2.75, 3.05) is 13.1 Å². The molecule has 1 aliphatic carbocycles. The minimum Gasteiger partial charge on any atom is -0.444 e. The second kappa shape index (κ2) is 7.13. The maximum absolute atomic E-state index is 11.9. The molecule has 1 aromatic heterocycles. The van der Waals surface area contributed by atoms with Crippen LogP contribution in [0.1, 0.15) is 63.5 Å². The van der Waals surface area contributed by atoms with Gasteiger partial charge in [0, 0.05) is 37.7 Å². The third kappa shape index (κ3) is 4.50. The molecule has 0 spiro atoms. The van der Waals surface area contributed by atoms with Crippen molar-refractivity contribution >= 4 is 6.09 Å². The SMILES string of the molecule is CC(C)(C)OC(=O)NC1CCN(Cc2noc3c2CCCC3)CC1. The van der Waals surface area contributed by atoms with Crippen molar-refractivity contribution in [3.63, 3.8) is 0 Å². The third-order valence-electron chi connectivity index (χ3n) is 4.71. The summed E-state index contributed by atoms with van der Waals surface area (Å²) in [6, 6.07) is 0.197. The Kier molecular flexibility index (Phi) is 5.13. The van der Waals surface area contributed by atoms with Gasteiger partial charge in [-0.1, -0.05) is 5.16 Å². The number of likely N-dealkylation sites (tertiary alicyclic amines) is 1. The summed E-state index contributed by atoms with van der Waals surface area (Å²) in [6.45, 7) is 8.43. The highest BCUT2D eigenvalue weighted by atomic mass is 16.6. The van der Waals surface area contributed by atoms with Crippen LogP contribution in [0.15, 0.2) is 4.52 Å². The second-order valence-corrected chi connectivity index (χ2v) is 7.93. The van der Waals surface area contributed by atoms with Gasteiger partial charge >= 0.3 is 6.09 Å². The Balaban J connectivity index is 1.46. The van der Waals surface area contributed by atoms with Crippen LogP contribution in [0, 0.1) is 0 Å². The van der Waals surface area contributed by atoms with Gasteiger partial charge in [0.05, 0.1) is 0 Å². The average Bonchev–Trinajstić information content (AvgIpc) is 2.91. The standard InChI is InChI=1S/C18H29N3O3/c1-18(2,3)23-17(22)19-13-8-10-21(11-9-13)12-15-14-6-4-5-7-16(14)24-20-15/h13H,4-12H2,1-3H3,(H,19,22). The fourth-order valence-electron chi connectivity index (χ4n) is 3.49. The zero-order valence-electron chi connectivity index (χ0n) is 15.1. The van der Waals surface area contributed by atoms with Crippen molar-refractivity contribution in [1.82, 2.24) is 15.4 Å². The number of nitrogens with one attached hydrogen (secondary N) is 1. The third-order valence-corrected chi connectivity index (χ3v) is 4.71. The van der Waals surface area contributed by atoms with E-state index in [-0.39, 0.29) is 12.1 Å². The molecule has 0 bridgehead atoms. The van der Waals surface area contributed by atoms with Crippen molar-refractivity contribution in [2.24, 2.45) is 0 Å². The van der Waals surface area contributed by atoms with Crippen LogP contribution in [-0.4, -0.2) is 40.9 Å². The average molecular weight is 335 g/mol. The first-order valence-electron chi connectivity index (χ1n) is 9.09. The monoisotopic (exact) mass is 335 g/mol. The number of carbonyl (C=O) groups is 1. The highest BCUT2D eigenvalue weighted by molar-refractivity contribution is 5.68. The Morgan fingerprint density at radius 2 is 2.00 bits per heavy atom. The maximum atomic E-state index is 11.9. The lowest BCUT2D eigenvalue weighted by Crippen LogP contribution is -2.45. The molecule has 1 aromatic rings. The number of piperidine rings is 1. The van der Waals surface area contributed by atoms with Gasteiger partial charge in [-0.15, -0.1) is 0 Å². The summed E-state index contributed by atoms with van der Waals surface area (Å²) < 4.78 is 10.8. The van der Waals surface area contributed by atoms with Gasteiger partial charge < -0.3 is 14.6 Å².